The molecule has 4 rings (SSSR count). The predicted molar refractivity (Wildman–Crippen MR) is 106 cm³/mol. The molecule has 1 aliphatic rings. The number of rotatable bonds is 5. The van der Waals surface area contributed by atoms with Crippen molar-refractivity contribution < 1.29 is 4.79 Å². The fraction of sp³-hybridized carbons (Fsp3) is 0.350. The van der Waals surface area contributed by atoms with Gasteiger partial charge in [-0.2, -0.15) is 4.98 Å². The maximum Gasteiger partial charge on any atom is 0.233 e. The summed E-state index contributed by atoms with van der Waals surface area (Å²) < 4.78 is 2.08. The Hall–Kier alpha value is -2.93. The number of hydrogen-bond donors (Lipinski definition) is 2. The number of nitrogens with one attached hydrogen (secondary N) is 2. The topological polar surface area (TPSA) is 75.1 Å². The van der Waals surface area contributed by atoms with Crippen molar-refractivity contribution in [1.29, 1.82) is 0 Å². The van der Waals surface area contributed by atoms with Crippen molar-refractivity contribution in [1.82, 2.24) is 24.8 Å². The summed E-state index contributed by atoms with van der Waals surface area (Å²) in [6, 6.07) is 12.6. The second kappa shape index (κ2) is 7.75. The predicted octanol–water partition coefficient (Wildman–Crippen LogP) is 2.04. The zero-order valence-electron chi connectivity index (χ0n) is 15.4. The largest absolute Gasteiger partial charge is 0.358 e. The van der Waals surface area contributed by atoms with E-state index in [0.29, 0.717) is 18.5 Å². The molecule has 1 saturated heterocycles. The fourth-order valence-corrected chi connectivity index (χ4v) is 3.54. The van der Waals surface area contributed by atoms with Gasteiger partial charge in [0.2, 0.25) is 11.9 Å². The molecule has 0 bridgehead atoms. The molecule has 0 radical (unpaired) electrons. The SMILES string of the molecule is CNC(=O)CN1CCC(Nc2nccc(-n3ccc4ccccc43)n2)CC1. The average molecular weight is 364 g/mol. The summed E-state index contributed by atoms with van der Waals surface area (Å²) in [6.07, 6.45) is 5.77. The van der Waals surface area contributed by atoms with Gasteiger partial charge in [0, 0.05) is 38.6 Å². The lowest BCUT2D eigenvalue weighted by atomic mass is 10.1. The molecule has 2 N–H and O–H groups in total. The highest BCUT2D eigenvalue weighted by atomic mass is 16.1. The Bertz CT molecular complexity index is 929. The quantitative estimate of drug-likeness (QED) is 0.725. The van der Waals surface area contributed by atoms with E-state index in [9.17, 15) is 4.79 Å². The molecule has 3 heterocycles. The van der Waals surface area contributed by atoms with Gasteiger partial charge in [-0.1, -0.05) is 18.2 Å². The smallest absolute Gasteiger partial charge is 0.233 e. The Morgan fingerprint density at radius 1 is 1.19 bits per heavy atom. The molecule has 0 unspecified atom stereocenters. The van der Waals surface area contributed by atoms with Crippen molar-refractivity contribution in [2.45, 2.75) is 18.9 Å². The number of anilines is 1. The van der Waals surface area contributed by atoms with E-state index in [1.807, 2.05) is 24.4 Å². The van der Waals surface area contributed by atoms with Gasteiger partial charge in [-0.3, -0.25) is 9.69 Å². The monoisotopic (exact) mass is 364 g/mol. The lowest BCUT2D eigenvalue weighted by Gasteiger charge is -2.31. The molecule has 140 valence electrons. The third kappa shape index (κ3) is 3.93. The number of aromatic nitrogens is 3. The van der Waals surface area contributed by atoms with Gasteiger partial charge in [-0.25, -0.2) is 4.98 Å². The first kappa shape index (κ1) is 17.5. The Kier molecular flexibility index (Phi) is 5.02. The lowest BCUT2D eigenvalue weighted by molar-refractivity contribution is -0.122. The number of carbonyl (C=O) groups excluding carboxylic acids is 1. The summed E-state index contributed by atoms with van der Waals surface area (Å²) in [4.78, 5) is 22.8. The number of para-hydroxylation sites is 1. The lowest BCUT2D eigenvalue weighted by Crippen LogP contribution is -2.43. The fourth-order valence-electron chi connectivity index (χ4n) is 3.54. The Morgan fingerprint density at radius 3 is 2.81 bits per heavy atom. The second-order valence-corrected chi connectivity index (χ2v) is 6.85. The van der Waals surface area contributed by atoms with Crippen LogP contribution in [0.2, 0.25) is 0 Å². The van der Waals surface area contributed by atoms with E-state index in [0.717, 1.165) is 37.3 Å². The number of piperidine rings is 1. The molecule has 1 aliphatic heterocycles. The molecule has 1 amide bonds. The van der Waals surface area contributed by atoms with Crippen molar-refractivity contribution in [2.75, 3.05) is 32.0 Å². The van der Waals surface area contributed by atoms with Gasteiger partial charge < -0.3 is 15.2 Å². The number of fused-ring (bicyclic) bond motifs is 1. The van der Waals surface area contributed by atoms with Crippen LogP contribution < -0.4 is 10.6 Å². The van der Waals surface area contributed by atoms with E-state index < -0.39 is 0 Å². The van der Waals surface area contributed by atoms with Gasteiger partial charge in [0.05, 0.1) is 12.1 Å². The molecule has 0 spiro atoms. The molecule has 1 aromatic carbocycles. The van der Waals surface area contributed by atoms with Gasteiger partial charge in [-0.15, -0.1) is 0 Å². The molecule has 27 heavy (non-hydrogen) atoms. The Labute approximate surface area is 158 Å². The Morgan fingerprint density at radius 2 is 2.00 bits per heavy atom. The standard InChI is InChI=1S/C20H24N6O/c1-21-19(27)14-25-11-8-16(9-12-25)23-20-22-10-6-18(24-20)26-13-7-15-4-2-3-5-17(15)26/h2-7,10,13,16H,8-9,11-12,14H2,1H3,(H,21,27)(H,22,23,24). The van der Waals surface area contributed by atoms with Crippen LogP contribution in [0.5, 0.6) is 0 Å². The minimum atomic E-state index is 0.0661. The molecule has 1 fully saturated rings. The van der Waals surface area contributed by atoms with Crippen LogP contribution in [0.1, 0.15) is 12.8 Å². The summed E-state index contributed by atoms with van der Waals surface area (Å²) in [5, 5.41) is 7.32. The van der Waals surface area contributed by atoms with Crippen LogP contribution in [0, 0.1) is 0 Å². The van der Waals surface area contributed by atoms with Crippen LogP contribution in [0.3, 0.4) is 0 Å². The van der Waals surface area contributed by atoms with Gasteiger partial charge in [0.15, 0.2) is 0 Å². The normalized spacial score (nSPS) is 15.7. The molecule has 3 aromatic rings. The van der Waals surface area contributed by atoms with Crippen molar-refractivity contribution in [3.63, 3.8) is 0 Å². The van der Waals surface area contributed by atoms with Crippen LogP contribution >= 0.6 is 0 Å². The average Bonchev–Trinajstić information content (AvgIpc) is 3.14. The number of benzene rings is 1. The van der Waals surface area contributed by atoms with Gasteiger partial charge in [0.25, 0.3) is 0 Å². The first-order chi connectivity index (χ1) is 13.2. The number of nitrogens with zero attached hydrogens (tertiary/aromatic N) is 4. The maximum atomic E-state index is 11.5. The number of likely N-dealkylation sites (N-methyl/N-ethyl adjacent to an activating group) is 1. The van der Waals surface area contributed by atoms with Gasteiger partial charge in [0.1, 0.15) is 5.82 Å². The molecular weight excluding hydrogens is 340 g/mol. The van der Waals surface area contributed by atoms with Crippen molar-refractivity contribution >= 4 is 22.8 Å². The van der Waals surface area contributed by atoms with E-state index in [4.69, 9.17) is 4.98 Å². The highest BCUT2D eigenvalue weighted by Gasteiger charge is 2.21. The second-order valence-electron chi connectivity index (χ2n) is 6.85. The van der Waals surface area contributed by atoms with Gasteiger partial charge >= 0.3 is 0 Å². The number of hydrogen-bond acceptors (Lipinski definition) is 5. The van der Waals surface area contributed by atoms with Crippen molar-refractivity contribution in [3.05, 3.63) is 48.8 Å². The Balaban J connectivity index is 1.43. The highest BCUT2D eigenvalue weighted by Crippen LogP contribution is 2.20. The van der Waals surface area contributed by atoms with E-state index in [1.165, 1.54) is 5.39 Å². The summed E-state index contributed by atoms with van der Waals surface area (Å²) in [5.41, 5.74) is 1.13. The summed E-state index contributed by atoms with van der Waals surface area (Å²) in [7, 11) is 1.68. The van der Waals surface area contributed by atoms with Crippen LogP contribution in [0.4, 0.5) is 5.95 Å². The molecule has 2 aromatic heterocycles. The third-order valence-corrected chi connectivity index (χ3v) is 5.05. The van der Waals surface area contributed by atoms with Crippen LogP contribution in [-0.4, -0.2) is 58.1 Å². The van der Waals surface area contributed by atoms with Crippen LogP contribution in [0.15, 0.2) is 48.8 Å². The highest BCUT2D eigenvalue weighted by molar-refractivity contribution is 5.81. The maximum absolute atomic E-state index is 11.5. The first-order valence-electron chi connectivity index (χ1n) is 9.32. The van der Waals surface area contributed by atoms with Crippen LogP contribution in [-0.2, 0) is 4.79 Å². The van der Waals surface area contributed by atoms with E-state index in [-0.39, 0.29) is 5.91 Å². The molecule has 7 nitrogen and oxygen atoms in total. The van der Waals surface area contributed by atoms with E-state index >= 15 is 0 Å². The molecular formula is C20H24N6O. The van der Waals surface area contributed by atoms with E-state index in [1.54, 1.807) is 13.2 Å². The zero-order chi connectivity index (χ0) is 18.6. The minimum absolute atomic E-state index is 0.0661. The molecule has 0 atom stereocenters. The minimum Gasteiger partial charge on any atom is -0.358 e. The van der Waals surface area contributed by atoms with Crippen molar-refractivity contribution in [2.24, 2.45) is 0 Å². The molecule has 0 aliphatic carbocycles. The molecule has 7 heteroatoms. The number of carbonyl (C=O) groups is 1. The summed E-state index contributed by atoms with van der Waals surface area (Å²) in [5.74, 6) is 1.57. The molecule has 0 saturated carbocycles. The summed E-state index contributed by atoms with van der Waals surface area (Å²) >= 11 is 0. The van der Waals surface area contributed by atoms with Crippen molar-refractivity contribution in [3.8, 4) is 5.82 Å². The number of amides is 1. The van der Waals surface area contributed by atoms with Gasteiger partial charge in [-0.05, 0) is 36.4 Å². The zero-order valence-corrected chi connectivity index (χ0v) is 15.4. The summed E-state index contributed by atoms with van der Waals surface area (Å²) in [6.45, 7) is 2.26. The van der Waals surface area contributed by atoms with E-state index in [2.05, 4.69) is 43.3 Å². The third-order valence-electron chi connectivity index (χ3n) is 5.05. The van der Waals surface area contributed by atoms with Crippen LogP contribution in [0.25, 0.3) is 16.7 Å². The number of likely N-dealkylation sites (tertiary alicyclic amines) is 1. The first-order valence-corrected chi connectivity index (χ1v) is 9.32.